The molecule has 0 aromatic heterocycles. The van der Waals surface area contributed by atoms with E-state index >= 15 is 0 Å². The van der Waals surface area contributed by atoms with Gasteiger partial charge in [0.1, 0.15) is 0 Å². The summed E-state index contributed by atoms with van der Waals surface area (Å²) in [5.74, 6) is -0.750. The normalized spacial score (nSPS) is 11.2. The summed E-state index contributed by atoms with van der Waals surface area (Å²) < 4.78 is 38.7. The van der Waals surface area contributed by atoms with Gasteiger partial charge in [0.15, 0.2) is 0 Å². The number of hydrogen-bond acceptors (Lipinski definition) is 3. The van der Waals surface area contributed by atoms with Crippen LogP contribution in [0.1, 0.15) is 15.9 Å². The molecule has 4 nitrogen and oxygen atoms in total. The van der Waals surface area contributed by atoms with Crippen LogP contribution in [0.4, 0.5) is 30.2 Å². The Morgan fingerprint density at radius 1 is 1.00 bits per heavy atom. The summed E-state index contributed by atoms with van der Waals surface area (Å²) in [5, 5.41) is 2.59. The minimum absolute atomic E-state index is 0.00183. The van der Waals surface area contributed by atoms with Crippen LogP contribution in [-0.2, 0) is 6.18 Å². The van der Waals surface area contributed by atoms with Gasteiger partial charge in [0.2, 0.25) is 0 Å². The summed E-state index contributed by atoms with van der Waals surface area (Å²) in [6.07, 6.45) is -4.50. The number of nitrogen functional groups attached to an aromatic ring is 1. The van der Waals surface area contributed by atoms with Crippen molar-refractivity contribution < 1.29 is 18.0 Å². The van der Waals surface area contributed by atoms with Crippen LogP contribution in [0.3, 0.4) is 0 Å². The van der Waals surface area contributed by atoms with Crippen molar-refractivity contribution in [3.05, 3.63) is 53.6 Å². The number of primary amides is 1. The highest BCUT2D eigenvalue weighted by molar-refractivity contribution is 6.01. The van der Waals surface area contributed by atoms with Crippen molar-refractivity contribution in [3.63, 3.8) is 0 Å². The van der Waals surface area contributed by atoms with E-state index in [1.165, 1.54) is 36.4 Å². The Kier molecular flexibility index (Phi) is 3.75. The Bertz CT molecular complexity index is 683. The molecule has 2 rings (SSSR count). The molecule has 1 amide bonds. The van der Waals surface area contributed by atoms with E-state index in [-0.39, 0.29) is 22.6 Å². The van der Waals surface area contributed by atoms with E-state index in [4.69, 9.17) is 11.5 Å². The number of halogens is 3. The van der Waals surface area contributed by atoms with E-state index in [0.717, 1.165) is 6.07 Å². The van der Waals surface area contributed by atoms with Crippen molar-refractivity contribution in [1.29, 1.82) is 0 Å². The first-order valence-electron chi connectivity index (χ1n) is 5.92. The average Bonchev–Trinajstić information content (AvgIpc) is 2.40. The molecule has 0 saturated carbocycles. The topological polar surface area (TPSA) is 81.1 Å². The monoisotopic (exact) mass is 295 g/mol. The molecule has 7 heteroatoms. The second-order valence-corrected chi connectivity index (χ2v) is 4.30. The molecule has 0 aliphatic rings. The van der Waals surface area contributed by atoms with Gasteiger partial charge in [-0.2, -0.15) is 13.2 Å². The van der Waals surface area contributed by atoms with Crippen molar-refractivity contribution in [2.75, 3.05) is 11.1 Å². The first-order valence-corrected chi connectivity index (χ1v) is 5.92. The van der Waals surface area contributed by atoms with Crippen LogP contribution in [0.25, 0.3) is 0 Å². The molecule has 0 fully saturated rings. The Morgan fingerprint density at radius 2 is 1.62 bits per heavy atom. The molecule has 0 unspecified atom stereocenters. The molecule has 0 aliphatic carbocycles. The lowest BCUT2D eigenvalue weighted by atomic mass is 10.1. The van der Waals surface area contributed by atoms with Crippen LogP contribution in [0.2, 0.25) is 0 Å². The zero-order valence-corrected chi connectivity index (χ0v) is 10.7. The molecule has 0 heterocycles. The summed E-state index contributed by atoms with van der Waals surface area (Å²) in [4.78, 5) is 11.2. The molecule has 0 atom stereocenters. The van der Waals surface area contributed by atoms with Crippen molar-refractivity contribution in [2.24, 2.45) is 5.73 Å². The van der Waals surface area contributed by atoms with Crippen LogP contribution in [-0.4, -0.2) is 5.91 Å². The molecular weight excluding hydrogens is 283 g/mol. The fourth-order valence-corrected chi connectivity index (χ4v) is 1.87. The molecule has 21 heavy (non-hydrogen) atoms. The van der Waals surface area contributed by atoms with E-state index in [2.05, 4.69) is 5.32 Å². The van der Waals surface area contributed by atoms with Gasteiger partial charge in [0.25, 0.3) is 5.91 Å². The minimum atomic E-state index is -4.50. The molecule has 0 saturated heterocycles. The van der Waals surface area contributed by atoms with Gasteiger partial charge in [-0.3, -0.25) is 4.79 Å². The van der Waals surface area contributed by atoms with Gasteiger partial charge in [-0.25, -0.2) is 0 Å². The molecule has 5 N–H and O–H groups in total. The van der Waals surface area contributed by atoms with E-state index in [0.29, 0.717) is 0 Å². The highest BCUT2D eigenvalue weighted by Gasteiger charge is 2.33. The highest BCUT2D eigenvalue weighted by atomic mass is 19.4. The zero-order chi connectivity index (χ0) is 15.6. The first-order chi connectivity index (χ1) is 9.80. The smallest absolute Gasteiger partial charge is 0.396 e. The predicted molar refractivity (Wildman–Crippen MR) is 74.1 cm³/mol. The van der Waals surface area contributed by atoms with Gasteiger partial charge in [0.05, 0.1) is 28.2 Å². The maximum atomic E-state index is 12.9. The van der Waals surface area contributed by atoms with Crippen LogP contribution in [0, 0.1) is 0 Å². The van der Waals surface area contributed by atoms with Crippen LogP contribution < -0.4 is 16.8 Å². The molecule has 2 aromatic carbocycles. The summed E-state index contributed by atoms with van der Waals surface area (Å²) >= 11 is 0. The van der Waals surface area contributed by atoms with Crippen LogP contribution in [0.15, 0.2) is 42.5 Å². The lowest BCUT2D eigenvalue weighted by Crippen LogP contribution is -2.15. The Labute approximate surface area is 118 Å². The van der Waals surface area contributed by atoms with Gasteiger partial charge in [-0.15, -0.1) is 0 Å². The van der Waals surface area contributed by atoms with Gasteiger partial charge < -0.3 is 16.8 Å². The number of nitrogens with one attached hydrogen (secondary N) is 1. The predicted octanol–water partition coefficient (Wildman–Crippen LogP) is 3.13. The van der Waals surface area contributed by atoms with Crippen LogP contribution in [0.5, 0.6) is 0 Å². The van der Waals surface area contributed by atoms with Crippen LogP contribution >= 0.6 is 0 Å². The van der Waals surface area contributed by atoms with Crippen molar-refractivity contribution in [3.8, 4) is 0 Å². The summed E-state index contributed by atoms with van der Waals surface area (Å²) in [6.45, 7) is 0. The summed E-state index contributed by atoms with van der Waals surface area (Å²) in [5.41, 5.74) is 10.1. The molecule has 0 spiro atoms. The molecular formula is C14H12F3N3O. The maximum Gasteiger partial charge on any atom is 0.418 e. The van der Waals surface area contributed by atoms with Gasteiger partial charge in [-0.05, 0) is 24.3 Å². The number of benzene rings is 2. The number of amides is 1. The third-order valence-corrected chi connectivity index (χ3v) is 2.87. The van der Waals surface area contributed by atoms with E-state index < -0.39 is 17.6 Å². The summed E-state index contributed by atoms with van der Waals surface area (Å²) in [7, 11) is 0. The van der Waals surface area contributed by atoms with Gasteiger partial charge in [0, 0.05) is 0 Å². The first kappa shape index (κ1) is 14.7. The number of carbonyl (C=O) groups excluding carboxylic acids is 1. The number of rotatable bonds is 3. The van der Waals surface area contributed by atoms with Crippen molar-refractivity contribution in [2.45, 2.75) is 6.18 Å². The van der Waals surface area contributed by atoms with Gasteiger partial charge >= 0.3 is 6.18 Å². The number of anilines is 3. The lowest BCUT2D eigenvalue weighted by molar-refractivity contribution is -0.136. The third kappa shape index (κ3) is 3.07. The van der Waals surface area contributed by atoms with Crippen molar-refractivity contribution >= 4 is 23.0 Å². The largest absolute Gasteiger partial charge is 0.418 e. The van der Waals surface area contributed by atoms with E-state index in [1.54, 1.807) is 0 Å². The third-order valence-electron chi connectivity index (χ3n) is 2.87. The van der Waals surface area contributed by atoms with E-state index in [9.17, 15) is 18.0 Å². The fourth-order valence-electron chi connectivity index (χ4n) is 1.87. The second-order valence-electron chi connectivity index (χ2n) is 4.30. The number of hydrogen-bond donors (Lipinski definition) is 3. The van der Waals surface area contributed by atoms with E-state index in [1.807, 2.05) is 0 Å². The zero-order valence-electron chi connectivity index (χ0n) is 10.7. The molecule has 2 aromatic rings. The second kappa shape index (κ2) is 5.35. The Hall–Kier alpha value is -2.70. The summed E-state index contributed by atoms with van der Waals surface area (Å²) in [6, 6.07) is 9.33. The average molecular weight is 295 g/mol. The maximum absolute atomic E-state index is 12.9. The van der Waals surface area contributed by atoms with Crippen molar-refractivity contribution in [1.82, 2.24) is 0 Å². The Balaban J connectivity index is 2.45. The number of para-hydroxylation sites is 2. The molecule has 110 valence electrons. The minimum Gasteiger partial charge on any atom is -0.396 e. The molecule has 0 radical (unpaired) electrons. The number of nitrogens with two attached hydrogens (primary N) is 2. The standard InChI is InChI=1S/C14H12F3N3O/c15-14(16,17)9-5-1-2-6-10(9)20-11-7-3-4-8(12(11)18)13(19)21/h1-7,20H,18H2,(H2,19,21). The molecule has 0 aliphatic heterocycles. The SMILES string of the molecule is NC(=O)c1cccc(Nc2ccccc2C(F)(F)F)c1N. The quantitative estimate of drug-likeness (QED) is 0.761. The highest BCUT2D eigenvalue weighted by Crippen LogP contribution is 2.37. The number of alkyl halides is 3. The molecule has 0 bridgehead atoms. The lowest BCUT2D eigenvalue weighted by Gasteiger charge is -2.16. The van der Waals surface area contributed by atoms with Gasteiger partial charge in [-0.1, -0.05) is 18.2 Å². The number of carbonyl (C=O) groups is 1. The Morgan fingerprint density at radius 3 is 2.24 bits per heavy atom. The fraction of sp³-hybridized carbons (Fsp3) is 0.0714.